The molecule has 0 aromatic carbocycles. The van der Waals surface area contributed by atoms with Gasteiger partial charge in [0.1, 0.15) is 5.82 Å². The van der Waals surface area contributed by atoms with E-state index in [1.807, 2.05) is 18.2 Å². The zero-order chi connectivity index (χ0) is 9.97. The molecule has 1 saturated heterocycles. The number of nitrogens with two attached hydrogens (primary N) is 1. The maximum absolute atomic E-state index is 5.84. The summed E-state index contributed by atoms with van der Waals surface area (Å²) in [6.07, 6.45) is 2.82. The van der Waals surface area contributed by atoms with Gasteiger partial charge in [0.25, 0.3) is 0 Å². The molecule has 74 valence electrons. The average molecular weight is 189 g/mol. The number of hydrogen-bond donors (Lipinski definition) is 1. The van der Waals surface area contributed by atoms with Gasteiger partial charge in [-0.25, -0.2) is 4.98 Å². The highest BCUT2D eigenvalue weighted by Crippen LogP contribution is 2.17. The Bertz CT molecular complexity index is 335. The van der Waals surface area contributed by atoms with Crippen LogP contribution < -0.4 is 10.6 Å². The second-order valence-corrected chi connectivity index (χ2v) is 3.62. The van der Waals surface area contributed by atoms with Gasteiger partial charge in [-0.1, -0.05) is 12.6 Å². The second kappa shape index (κ2) is 3.80. The molecule has 2 N–H and O–H groups in total. The summed E-state index contributed by atoms with van der Waals surface area (Å²) < 4.78 is 0. The quantitative estimate of drug-likeness (QED) is 0.761. The lowest BCUT2D eigenvalue weighted by molar-refractivity contribution is 0.751. The van der Waals surface area contributed by atoms with Crippen molar-refractivity contribution >= 4 is 11.9 Å². The van der Waals surface area contributed by atoms with E-state index in [0.29, 0.717) is 6.04 Å². The Hall–Kier alpha value is -1.35. The minimum Gasteiger partial charge on any atom is -0.355 e. The zero-order valence-corrected chi connectivity index (χ0v) is 8.19. The number of aromatic nitrogens is 1. The van der Waals surface area contributed by atoms with E-state index < -0.39 is 0 Å². The van der Waals surface area contributed by atoms with Gasteiger partial charge in [0, 0.05) is 19.1 Å². The maximum Gasteiger partial charge on any atom is 0.129 e. The summed E-state index contributed by atoms with van der Waals surface area (Å²) in [5, 5.41) is 0. The van der Waals surface area contributed by atoms with Gasteiger partial charge < -0.3 is 10.6 Å². The number of rotatable bonds is 2. The van der Waals surface area contributed by atoms with Crippen molar-refractivity contribution in [1.29, 1.82) is 0 Å². The highest BCUT2D eigenvalue weighted by atomic mass is 15.2. The Morgan fingerprint density at radius 2 is 2.43 bits per heavy atom. The summed E-state index contributed by atoms with van der Waals surface area (Å²) in [6.45, 7) is 5.63. The standard InChI is InChI=1S/C11H15N3/c1-2-10-4-3-5-11(13-10)14-7-6-9(12)8-14/h2-5,9H,1,6-8,12H2. The SMILES string of the molecule is C=Cc1cccc(N2CCC(N)C2)n1. The molecule has 1 aliphatic rings. The summed E-state index contributed by atoms with van der Waals surface area (Å²) in [5.41, 5.74) is 6.76. The van der Waals surface area contributed by atoms with Gasteiger partial charge in [0.05, 0.1) is 5.69 Å². The van der Waals surface area contributed by atoms with Crippen LogP contribution in [0.2, 0.25) is 0 Å². The Kier molecular flexibility index (Phi) is 2.50. The van der Waals surface area contributed by atoms with Crippen LogP contribution in [0.5, 0.6) is 0 Å². The third-order valence-corrected chi connectivity index (χ3v) is 2.51. The molecule has 2 heterocycles. The van der Waals surface area contributed by atoms with Crippen molar-refractivity contribution in [3.05, 3.63) is 30.5 Å². The van der Waals surface area contributed by atoms with Gasteiger partial charge in [0.2, 0.25) is 0 Å². The van der Waals surface area contributed by atoms with Crippen LogP contribution >= 0.6 is 0 Å². The van der Waals surface area contributed by atoms with Crippen molar-refractivity contribution in [1.82, 2.24) is 4.98 Å². The smallest absolute Gasteiger partial charge is 0.129 e. The molecule has 1 unspecified atom stereocenters. The molecule has 1 aliphatic heterocycles. The molecule has 1 aromatic heterocycles. The van der Waals surface area contributed by atoms with Crippen LogP contribution in [0.3, 0.4) is 0 Å². The van der Waals surface area contributed by atoms with Crippen LogP contribution in [-0.2, 0) is 0 Å². The Balaban J connectivity index is 2.19. The van der Waals surface area contributed by atoms with Crippen LogP contribution in [0.4, 0.5) is 5.82 Å². The highest BCUT2D eigenvalue weighted by molar-refractivity contribution is 5.48. The predicted molar refractivity (Wildman–Crippen MR) is 59.1 cm³/mol. The third kappa shape index (κ3) is 1.77. The minimum absolute atomic E-state index is 0.296. The summed E-state index contributed by atoms with van der Waals surface area (Å²) in [5.74, 6) is 1.01. The van der Waals surface area contributed by atoms with Gasteiger partial charge in [-0.2, -0.15) is 0 Å². The van der Waals surface area contributed by atoms with Crippen molar-refractivity contribution in [3.8, 4) is 0 Å². The summed E-state index contributed by atoms with van der Waals surface area (Å²) in [7, 11) is 0. The van der Waals surface area contributed by atoms with E-state index in [2.05, 4.69) is 16.5 Å². The van der Waals surface area contributed by atoms with Gasteiger partial charge >= 0.3 is 0 Å². The van der Waals surface area contributed by atoms with E-state index in [1.54, 1.807) is 6.08 Å². The predicted octanol–water partition coefficient (Wildman–Crippen LogP) is 1.26. The number of hydrogen-bond acceptors (Lipinski definition) is 3. The number of nitrogens with zero attached hydrogens (tertiary/aromatic N) is 2. The lowest BCUT2D eigenvalue weighted by Gasteiger charge is -2.16. The van der Waals surface area contributed by atoms with Crippen LogP contribution in [0.25, 0.3) is 6.08 Å². The molecule has 0 amide bonds. The van der Waals surface area contributed by atoms with E-state index in [-0.39, 0.29) is 0 Å². The molecule has 3 nitrogen and oxygen atoms in total. The first-order valence-corrected chi connectivity index (χ1v) is 4.89. The number of anilines is 1. The monoisotopic (exact) mass is 189 g/mol. The lowest BCUT2D eigenvalue weighted by Crippen LogP contribution is -2.26. The molecule has 3 heteroatoms. The van der Waals surface area contributed by atoms with Crippen molar-refractivity contribution in [2.45, 2.75) is 12.5 Å². The largest absolute Gasteiger partial charge is 0.355 e. The molecule has 1 atom stereocenters. The van der Waals surface area contributed by atoms with E-state index in [0.717, 1.165) is 31.0 Å². The maximum atomic E-state index is 5.84. The summed E-state index contributed by atoms with van der Waals surface area (Å²) in [6, 6.07) is 6.27. The van der Waals surface area contributed by atoms with Crippen molar-refractivity contribution < 1.29 is 0 Å². The first-order chi connectivity index (χ1) is 6.79. The fourth-order valence-electron chi connectivity index (χ4n) is 1.72. The van der Waals surface area contributed by atoms with Gasteiger partial charge in [0.15, 0.2) is 0 Å². The van der Waals surface area contributed by atoms with Gasteiger partial charge in [-0.15, -0.1) is 0 Å². The van der Waals surface area contributed by atoms with E-state index in [1.165, 1.54) is 0 Å². The number of pyridine rings is 1. The minimum atomic E-state index is 0.296. The van der Waals surface area contributed by atoms with Crippen molar-refractivity contribution in [2.24, 2.45) is 5.73 Å². The molecule has 1 aromatic rings. The van der Waals surface area contributed by atoms with Crippen LogP contribution in [0.1, 0.15) is 12.1 Å². The van der Waals surface area contributed by atoms with Gasteiger partial charge in [-0.05, 0) is 24.6 Å². The molecule has 0 aliphatic carbocycles. The fraction of sp³-hybridized carbons (Fsp3) is 0.364. The summed E-state index contributed by atoms with van der Waals surface area (Å²) >= 11 is 0. The Morgan fingerprint density at radius 1 is 1.57 bits per heavy atom. The topological polar surface area (TPSA) is 42.1 Å². The third-order valence-electron chi connectivity index (χ3n) is 2.51. The zero-order valence-electron chi connectivity index (χ0n) is 8.19. The van der Waals surface area contributed by atoms with Gasteiger partial charge in [-0.3, -0.25) is 0 Å². The second-order valence-electron chi connectivity index (χ2n) is 3.62. The molecule has 0 saturated carbocycles. The fourth-order valence-corrected chi connectivity index (χ4v) is 1.72. The Labute approximate surface area is 84.2 Å². The molecule has 1 fully saturated rings. The molecule has 0 bridgehead atoms. The van der Waals surface area contributed by atoms with Crippen LogP contribution in [-0.4, -0.2) is 24.1 Å². The molecule has 14 heavy (non-hydrogen) atoms. The van der Waals surface area contributed by atoms with Crippen LogP contribution in [0, 0.1) is 0 Å². The van der Waals surface area contributed by atoms with Crippen molar-refractivity contribution in [3.63, 3.8) is 0 Å². The highest BCUT2D eigenvalue weighted by Gasteiger charge is 2.19. The molecular weight excluding hydrogens is 174 g/mol. The summed E-state index contributed by atoms with van der Waals surface area (Å²) in [4.78, 5) is 6.68. The molecule has 0 radical (unpaired) electrons. The lowest BCUT2D eigenvalue weighted by atomic mass is 10.3. The Morgan fingerprint density at radius 3 is 3.07 bits per heavy atom. The molecule has 2 rings (SSSR count). The normalized spacial score (nSPS) is 21.2. The average Bonchev–Trinajstić information content (AvgIpc) is 2.65. The van der Waals surface area contributed by atoms with Crippen molar-refractivity contribution in [2.75, 3.05) is 18.0 Å². The van der Waals surface area contributed by atoms with Crippen LogP contribution in [0.15, 0.2) is 24.8 Å². The first kappa shape index (κ1) is 9.21. The molecule has 0 spiro atoms. The van der Waals surface area contributed by atoms with E-state index in [4.69, 9.17) is 5.73 Å². The van der Waals surface area contributed by atoms with E-state index in [9.17, 15) is 0 Å². The molecular formula is C11H15N3. The first-order valence-electron chi connectivity index (χ1n) is 4.89. The van der Waals surface area contributed by atoms with E-state index >= 15 is 0 Å².